The molecule has 0 aromatic rings. The molecule has 1 saturated heterocycles. The summed E-state index contributed by atoms with van der Waals surface area (Å²) in [7, 11) is 0. The predicted octanol–water partition coefficient (Wildman–Crippen LogP) is -0.746. The number of likely N-dealkylation sites (tertiary alicyclic amines) is 1. The number of rotatable bonds is 3. The molecule has 0 radical (unpaired) electrons. The highest BCUT2D eigenvalue weighted by molar-refractivity contribution is 5.96. The Balaban J connectivity index is 2.38. The third kappa shape index (κ3) is 3.46. The van der Waals surface area contributed by atoms with Crippen LogP contribution in [0, 0.1) is 0 Å². The van der Waals surface area contributed by atoms with Gasteiger partial charge in [-0.1, -0.05) is 0 Å². The third-order valence-electron chi connectivity index (χ3n) is 2.76. The number of carbonyl (C=O) groups is 2. The molecule has 1 rings (SSSR count). The van der Waals surface area contributed by atoms with Crippen LogP contribution in [0.2, 0.25) is 0 Å². The van der Waals surface area contributed by atoms with E-state index in [2.05, 4.69) is 10.6 Å². The van der Waals surface area contributed by atoms with E-state index in [9.17, 15) is 9.59 Å². The lowest BCUT2D eigenvalue weighted by Crippen LogP contribution is -2.49. The van der Waals surface area contributed by atoms with Crippen LogP contribution in [0.15, 0.2) is 0 Å². The van der Waals surface area contributed by atoms with Crippen LogP contribution in [-0.2, 0) is 4.79 Å². The lowest BCUT2D eigenvalue weighted by Gasteiger charge is -2.22. The van der Waals surface area contributed by atoms with Crippen molar-refractivity contribution in [2.75, 3.05) is 19.6 Å². The number of nitrogens with zero attached hydrogens (tertiary/aromatic N) is 1. The smallest absolute Gasteiger partial charge is 0.321 e. The van der Waals surface area contributed by atoms with Crippen LogP contribution in [0.3, 0.4) is 0 Å². The van der Waals surface area contributed by atoms with Crippen LogP contribution in [0.25, 0.3) is 0 Å². The van der Waals surface area contributed by atoms with Gasteiger partial charge in [-0.2, -0.15) is 0 Å². The Morgan fingerprint density at radius 1 is 1.56 bits per heavy atom. The Bertz CT molecular complexity index is 270. The van der Waals surface area contributed by atoms with Gasteiger partial charge >= 0.3 is 6.03 Å². The van der Waals surface area contributed by atoms with Gasteiger partial charge in [0.05, 0.1) is 6.04 Å². The molecule has 1 unspecified atom stereocenters. The van der Waals surface area contributed by atoms with Gasteiger partial charge in [0.1, 0.15) is 0 Å². The minimum atomic E-state index is -0.442. The molecule has 1 fully saturated rings. The van der Waals surface area contributed by atoms with E-state index >= 15 is 0 Å². The normalized spacial score (nSPS) is 22.8. The molecule has 16 heavy (non-hydrogen) atoms. The molecule has 4 N–H and O–H groups in total. The second-order valence-corrected chi connectivity index (χ2v) is 4.07. The Hall–Kier alpha value is -1.14. The maximum atomic E-state index is 11.7. The predicted molar refractivity (Wildman–Crippen MR) is 60.8 cm³/mol. The molecule has 0 bridgehead atoms. The van der Waals surface area contributed by atoms with E-state index in [4.69, 9.17) is 5.73 Å². The standard InChI is InChI=1S/C10H20N4O2/c1-3-12-10(16)13-9(15)7(2)14-5-4-8(11)6-14/h7-8H,3-6,11H2,1-2H3,(H2,12,13,15,16)/t7?,8-/m1/s1. The summed E-state index contributed by atoms with van der Waals surface area (Å²) < 4.78 is 0. The van der Waals surface area contributed by atoms with E-state index in [1.807, 2.05) is 4.90 Å². The van der Waals surface area contributed by atoms with Crippen molar-refractivity contribution in [3.8, 4) is 0 Å². The number of amides is 3. The summed E-state index contributed by atoms with van der Waals surface area (Å²) >= 11 is 0. The van der Waals surface area contributed by atoms with Crippen LogP contribution >= 0.6 is 0 Å². The molecule has 3 amide bonds. The van der Waals surface area contributed by atoms with Gasteiger partial charge in [-0.3, -0.25) is 15.0 Å². The molecule has 1 aliphatic heterocycles. The van der Waals surface area contributed by atoms with Crippen molar-refractivity contribution >= 4 is 11.9 Å². The summed E-state index contributed by atoms with van der Waals surface area (Å²) in [5.41, 5.74) is 5.76. The fourth-order valence-corrected chi connectivity index (χ4v) is 1.75. The van der Waals surface area contributed by atoms with E-state index in [0.717, 1.165) is 13.0 Å². The van der Waals surface area contributed by atoms with Crippen molar-refractivity contribution in [2.24, 2.45) is 5.73 Å². The fourth-order valence-electron chi connectivity index (χ4n) is 1.75. The molecule has 0 saturated carbocycles. The lowest BCUT2D eigenvalue weighted by molar-refractivity contribution is -0.124. The number of nitrogens with one attached hydrogen (secondary N) is 2. The fraction of sp³-hybridized carbons (Fsp3) is 0.800. The number of hydrogen-bond donors (Lipinski definition) is 3. The second kappa shape index (κ2) is 5.81. The monoisotopic (exact) mass is 228 g/mol. The average Bonchev–Trinajstić information content (AvgIpc) is 2.64. The van der Waals surface area contributed by atoms with Crippen LogP contribution in [0.5, 0.6) is 0 Å². The number of imide groups is 1. The Morgan fingerprint density at radius 3 is 2.75 bits per heavy atom. The maximum Gasteiger partial charge on any atom is 0.321 e. The zero-order chi connectivity index (χ0) is 12.1. The molecule has 0 spiro atoms. The van der Waals surface area contributed by atoms with Gasteiger partial charge in [-0.25, -0.2) is 4.79 Å². The van der Waals surface area contributed by atoms with E-state index in [1.54, 1.807) is 13.8 Å². The van der Waals surface area contributed by atoms with Crippen LogP contribution in [0.4, 0.5) is 4.79 Å². The average molecular weight is 228 g/mol. The van der Waals surface area contributed by atoms with Crippen molar-refractivity contribution in [1.29, 1.82) is 0 Å². The first-order valence-electron chi connectivity index (χ1n) is 5.63. The second-order valence-electron chi connectivity index (χ2n) is 4.07. The van der Waals surface area contributed by atoms with Gasteiger partial charge < -0.3 is 11.1 Å². The van der Waals surface area contributed by atoms with Gasteiger partial charge in [0.25, 0.3) is 0 Å². The quantitative estimate of drug-likeness (QED) is 0.593. The summed E-state index contributed by atoms with van der Waals surface area (Å²) in [5.74, 6) is -0.278. The Kier molecular flexibility index (Phi) is 4.70. The number of carbonyl (C=O) groups excluding carboxylic acids is 2. The molecule has 6 nitrogen and oxygen atoms in total. The minimum absolute atomic E-state index is 0.139. The molecular weight excluding hydrogens is 208 g/mol. The highest BCUT2D eigenvalue weighted by Crippen LogP contribution is 2.10. The van der Waals surface area contributed by atoms with Crippen molar-refractivity contribution in [1.82, 2.24) is 15.5 Å². The minimum Gasteiger partial charge on any atom is -0.338 e. The van der Waals surface area contributed by atoms with Crippen molar-refractivity contribution in [3.63, 3.8) is 0 Å². The Morgan fingerprint density at radius 2 is 2.25 bits per heavy atom. The molecule has 2 atom stereocenters. The third-order valence-corrected chi connectivity index (χ3v) is 2.76. The first-order chi connectivity index (χ1) is 7.54. The molecule has 0 aromatic carbocycles. The number of nitrogens with two attached hydrogens (primary N) is 1. The van der Waals surface area contributed by atoms with Gasteiger partial charge in [0.15, 0.2) is 0 Å². The van der Waals surface area contributed by atoms with E-state index < -0.39 is 6.03 Å². The van der Waals surface area contributed by atoms with E-state index in [-0.39, 0.29) is 18.0 Å². The molecule has 0 aliphatic carbocycles. The zero-order valence-electron chi connectivity index (χ0n) is 9.82. The lowest BCUT2D eigenvalue weighted by atomic mass is 10.3. The van der Waals surface area contributed by atoms with Gasteiger partial charge in [-0.05, 0) is 20.3 Å². The van der Waals surface area contributed by atoms with Crippen molar-refractivity contribution in [3.05, 3.63) is 0 Å². The molecule has 92 valence electrons. The Labute approximate surface area is 95.5 Å². The number of hydrogen-bond acceptors (Lipinski definition) is 4. The van der Waals surface area contributed by atoms with E-state index in [1.165, 1.54) is 0 Å². The maximum absolute atomic E-state index is 11.7. The molecule has 0 aromatic heterocycles. The van der Waals surface area contributed by atoms with Gasteiger partial charge in [0.2, 0.25) is 5.91 Å². The highest BCUT2D eigenvalue weighted by atomic mass is 16.2. The summed E-state index contributed by atoms with van der Waals surface area (Å²) in [6.07, 6.45) is 0.902. The largest absolute Gasteiger partial charge is 0.338 e. The summed E-state index contributed by atoms with van der Waals surface area (Å²) in [6, 6.07) is -0.612. The van der Waals surface area contributed by atoms with Crippen LogP contribution in [0.1, 0.15) is 20.3 Å². The number of urea groups is 1. The van der Waals surface area contributed by atoms with Crippen molar-refractivity contribution < 1.29 is 9.59 Å². The molecule has 6 heteroatoms. The SMILES string of the molecule is CCNC(=O)NC(=O)C(C)N1CC[C@@H](N)C1. The van der Waals surface area contributed by atoms with Gasteiger partial charge in [-0.15, -0.1) is 0 Å². The zero-order valence-corrected chi connectivity index (χ0v) is 9.82. The highest BCUT2D eigenvalue weighted by Gasteiger charge is 2.28. The topological polar surface area (TPSA) is 87.5 Å². The molecule has 1 aliphatic rings. The first kappa shape index (κ1) is 12.9. The summed E-state index contributed by atoms with van der Waals surface area (Å²) in [6.45, 7) is 5.61. The van der Waals surface area contributed by atoms with Crippen LogP contribution < -0.4 is 16.4 Å². The van der Waals surface area contributed by atoms with Crippen LogP contribution in [-0.4, -0.2) is 48.6 Å². The van der Waals surface area contributed by atoms with Gasteiger partial charge in [0, 0.05) is 25.7 Å². The molecule has 1 heterocycles. The first-order valence-corrected chi connectivity index (χ1v) is 5.63. The summed E-state index contributed by atoms with van der Waals surface area (Å²) in [4.78, 5) is 24.8. The van der Waals surface area contributed by atoms with Crippen molar-refractivity contribution in [2.45, 2.75) is 32.4 Å². The van der Waals surface area contributed by atoms with E-state index in [0.29, 0.717) is 13.1 Å². The summed E-state index contributed by atoms with van der Waals surface area (Å²) in [5, 5.41) is 4.82. The molecular formula is C10H20N4O2.